The van der Waals surface area contributed by atoms with Crippen LogP contribution in [0.3, 0.4) is 0 Å². The zero-order valence-electron chi connectivity index (χ0n) is 14.4. The Bertz CT molecular complexity index is 1040. The Morgan fingerprint density at radius 2 is 2.11 bits per heavy atom. The maximum Gasteiger partial charge on any atom is 0.283 e. The number of aliphatic imine (C=N–C) groups is 1. The van der Waals surface area contributed by atoms with Gasteiger partial charge in [-0.15, -0.1) is 0 Å². The molecule has 1 aromatic carbocycles. The van der Waals surface area contributed by atoms with Gasteiger partial charge in [-0.2, -0.15) is 15.1 Å². The second-order valence-electron chi connectivity index (χ2n) is 5.95. The molecule has 4 rings (SSSR count). The molecule has 2 aliphatic rings. The summed E-state index contributed by atoms with van der Waals surface area (Å²) < 4.78 is 5.80. The van der Waals surface area contributed by atoms with Crippen molar-refractivity contribution in [1.82, 2.24) is 5.01 Å². The van der Waals surface area contributed by atoms with E-state index in [0.29, 0.717) is 21.7 Å². The van der Waals surface area contributed by atoms with Gasteiger partial charge in [0.2, 0.25) is 5.17 Å². The Labute approximate surface area is 165 Å². The fourth-order valence-corrected chi connectivity index (χ4v) is 3.94. The predicted molar refractivity (Wildman–Crippen MR) is 109 cm³/mol. The van der Waals surface area contributed by atoms with Crippen molar-refractivity contribution in [3.8, 4) is 11.3 Å². The minimum atomic E-state index is -0.470. The highest BCUT2D eigenvalue weighted by molar-refractivity contribution is 8.26. The van der Waals surface area contributed by atoms with Crippen LogP contribution >= 0.6 is 23.4 Å². The summed E-state index contributed by atoms with van der Waals surface area (Å²) in [5, 5.41) is 16.0. The van der Waals surface area contributed by atoms with E-state index >= 15 is 0 Å². The summed E-state index contributed by atoms with van der Waals surface area (Å²) in [6, 6.07) is 10.9. The van der Waals surface area contributed by atoms with Crippen LogP contribution in [0, 0.1) is 5.41 Å². The molecule has 3 heterocycles. The fourth-order valence-electron chi connectivity index (χ4n) is 2.73. The Hall–Kier alpha value is -2.64. The molecule has 1 amide bonds. The first-order valence-electron chi connectivity index (χ1n) is 8.40. The van der Waals surface area contributed by atoms with Crippen LogP contribution in [0.1, 0.15) is 25.5 Å². The van der Waals surface area contributed by atoms with Gasteiger partial charge in [0.25, 0.3) is 5.91 Å². The van der Waals surface area contributed by atoms with E-state index in [4.69, 9.17) is 21.4 Å². The molecule has 0 saturated heterocycles. The first-order chi connectivity index (χ1) is 13.1. The number of rotatable bonds is 4. The molecule has 0 aliphatic carbocycles. The van der Waals surface area contributed by atoms with Gasteiger partial charge in [-0.1, -0.05) is 30.7 Å². The molecule has 0 bridgehead atoms. The number of furan rings is 1. The molecule has 136 valence electrons. The number of carbonyl (C=O) groups excluding carboxylic acids is 1. The zero-order valence-corrected chi connectivity index (χ0v) is 16.0. The van der Waals surface area contributed by atoms with Gasteiger partial charge in [0.15, 0.2) is 5.84 Å². The summed E-state index contributed by atoms with van der Waals surface area (Å²) in [5.74, 6) is 0.564. The molecule has 0 fully saturated rings. The van der Waals surface area contributed by atoms with Crippen LogP contribution in [0.4, 0.5) is 0 Å². The van der Waals surface area contributed by atoms with Gasteiger partial charge in [-0.05, 0) is 54.9 Å². The number of amidine groups is 2. The van der Waals surface area contributed by atoms with Crippen molar-refractivity contribution < 1.29 is 9.21 Å². The number of halogens is 1. The molecule has 0 radical (unpaired) electrons. The second kappa shape index (κ2) is 7.17. The van der Waals surface area contributed by atoms with Crippen molar-refractivity contribution in [2.24, 2.45) is 10.1 Å². The number of amides is 1. The lowest BCUT2D eigenvalue weighted by Gasteiger charge is -2.19. The number of nitrogens with zero attached hydrogens (tertiary/aromatic N) is 3. The van der Waals surface area contributed by atoms with Gasteiger partial charge in [0.05, 0.1) is 10.6 Å². The van der Waals surface area contributed by atoms with Crippen molar-refractivity contribution in [1.29, 1.82) is 5.41 Å². The highest BCUT2D eigenvalue weighted by Crippen LogP contribution is 2.32. The number of hydrazone groups is 1. The van der Waals surface area contributed by atoms with Crippen molar-refractivity contribution in [2.45, 2.75) is 19.8 Å². The Morgan fingerprint density at radius 3 is 2.89 bits per heavy atom. The lowest BCUT2D eigenvalue weighted by Crippen LogP contribution is -2.35. The Morgan fingerprint density at radius 1 is 1.30 bits per heavy atom. The highest BCUT2D eigenvalue weighted by Gasteiger charge is 2.35. The molecule has 0 saturated carbocycles. The van der Waals surface area contributed by atoms with E-state index in [0.717, 1.165) is 23.4 Å². The first-order valence-corrected chi connectivity index (χ1v) is 9.60. The van der Waals surface area contributed by atoms with Gasteiger partial charge in [-0.25, -0.2) is 0 Å². The summed E-state index contributed by atoms with van der Waals surface area (Å²) in [6.45, 7) is 2.05. The lowest BCUT2D eigenvalue weighted by atomic mass is 10.1. The predicted octanol–water partition coefficient (Wildman–Crippen LogP) is 5.02. The minimum Gasteiger partial charge on any atom is -0.457 e. The molecule has 0 spiro atoms. The van der Waals surface area contributed by atoms with Crippen LogP contribution in [-0.2, 0) is 4.79 Å². The third-order valence-corrected chi connectivity index (χ3v) is 5.31. The lowest BCUT2D eigenvalue weighted by molar-refractivity contribution is -0.114. The summed E-state index contributed by atoms with van der Waals surface area (Å²) in [4.78, 5) is 16.5. The van der Waals surface area contributed by atoms with Crippen molar-refractivity contribution >= 4 is 51.4 Å². The molecule has 6 nitrogen and oxygen atoms in total. The van der Waals surface area contributed by atoms with Crippen molar-refractivity contribution in [3.63, 3.8) is 0 Å². The van der Waals surface area contributed by atoms with Crippen LogP contribution < -0.4 is 0 Å². The molecule has 2 aromatic rings. The van der Waals surface area contributed by atoms with Crippen LogP contribution in [0.5, 0.6) is 0 Å². The number of benzene rings is 1. The van der Waals surface area contributed by atoms with E-state index in [-0.39, 0.29) is 11.4 Å². The number of nitrogens with one attached hydrogen (secondary N) is 1. The second-order valence-corrected chi connectivity index (χ2v) is 7.39. The third-order valence-electron chi connectivity index (χ3n) is 4.01. The molecule has 1 aromatic heterocycles. The van der Waals surface area contributed by atoms with Crippen molar-refractivity contribution in [3.05, 3.63) is 52.8 Å². The number of carbonyl (C=O) groups is 1. The molecule has 2 aliphatic heterocycles. The summed E-state index contributed by atoms with van der Waals surface area (Å²) in [5.41, 5.74) is 0.903. The quantitative estimate of drug-likeness (QED) is 0.733. The summed E-state index contributed by atoms with van der Waals surface area (Å²) in [6.07, 6.45) is 3.25. The van der Waals surface area contributed by atoms with Crippen LogP contribution in [-0.4, -0.2) is 27.0 Å². The third kappa shape index (κ3) is 3.36. The highest BCUT2D eigenvalue weighted by atomic mass is 35.5. The first kappa shape index (κ1) is 17.8. The standard InChI is InChI=1S/C19H15ClN4O2S/c1-2-5-16-23-24-17(21)13(18(25)22-19(24)27-16)10-11-8-9-15(26-11)12-6-3-4-7-14(12)20/h3-4,6-10,21H,2,5H2,1H3. The number of hydrogen-bond donors (Lipinski definition) is 1. The average Bonchev–Trinajstić information content (AvgIpc) is 3.26. The van der Waals surface area contributed by atoms with Crippen LogP contribution in [0.2, 0.25) is 5.02 Å². The van der Waals surface area contributed by atoms with Gasteiger partial charge < -0.3 is 4.42 Å². The largest absolute Gasteiger partial charge is 0.457 e. The van der Waals surface area contributed by atoms with Gasteiger partial charge in [-0.3, -0.25) is 10.2 Å². The van der Waals surface area contributed by atoms with E-state index in [9.17, 15) is 4.79 Å². The minimum absolute atomic E-state index is 0.000651. The summed E-state index contributed by atoms with van der Waals surface area (Å²) in [7, 11) is 0. The number of fused-ring (bicyclic) bond motifs is 1. The molecule has 27 heavy (non-hydrogen) atoms. The SMILES string of the molecule is CCCC1=NN2C(=N)C(=Cc3ccc(-c4ccccc4Cl)o3)C(=O)N=C2S1. The van der Waals surface area contributed by atoms with Crippen molar-refractivity contribution in [2.75, 3.05) is 0 Å². The topological polar surface area (TPSA) is 82.0 Å². The Balaban J connectivity index is 1.64. The maximum atomic E-state index is 12.4. The molecule has 0 unspecified atom stereocenters. The number of thioether (sulfide) groups is 1. The monoisotopic (exact) mass is 398 g/mol. The van der Waals surface area contributed by atoms with E-state index in [1.165, 1.54) is 22.8 Å². The van der Waals surface area contributed by atoms with Gasteiger partial charge in [0.1, 0.15) is 16.6 Å². The summed E-state index contributed by atoms with van der Waals surface area (Å²) >= 11 is 7.54. The fraction of sp³-hybridized carbons (Fsp3) is 0.158. The van der Waals surface area contributed by atoms with E-state index in [2.05, 4.69) is 17.0 Å². The van der Waals surface area contributed by atoms with Gasteiger partial charge in [0, 0.05) is 5.56 Å². The van der Waals surface area contributed by atoms with Crippen LogP contribution in [0.15, 0.2) is 56.5 Å². The Kier molecular flexibility index (Phi) is 4.72. The zero-order chi connectivity index (χ0) is 19.0. The molecular formula is C19H15ClN4O2S. The van der Waals surface area contributed by atoms with E-state index in [1.807, 2.05) is 18.2 Å². The van der Waals surface area contributed by atoms with E-state index < -0.39 is 5.91 Å². The smallest absolute Gasteiger partial charge is 0.283 e. The number of hydrogen-bond acceptors (Lipinski definition) is 5. The normalized spacial score (nSPS) is 18.0. The molecular weight excluding hydrogens is 384 g/mol. The molecule has 8 heteroatoms. The average molecular weight is 399 g/mol. The van der Waals surface area contributed by atoms with Gasteiger partial charge >= 0.3 is 0 Å². The van der Waals surface area contributed by atoms with Crippen LogP contribution in [0.25, 0.3) is 17.4 Å². The maximum absolute atomic E-state index is 12.4. The molecule has 1 N–H and O–H groups in total. The van der Waals surface area contributed by atoms with E-state index in [1.54, 1.807) is 18.2 Å². The molecule has 0 atom stereocenters.